The molecule has 1 atom stereocenters. The maximum atomic E-state index is 13.0. The molecule has 9 heteroatoms. The number of piperazine rings is 1. The van der Waals surface area contributed by atoms with Crippen molar-refractivity contribution < 1.29 is 13.3 Å². The summed E-state index contributed by atoms with van der Waals surface area (Å²) in [6, 6.07) is 15.1. The zero-order chi connectivity index (χ0) is 18.7. The SMILES string of the molecule is CN1CCN(S(=O)(=O)Cc2ccc([N+](=O)[O-])cc2)C(c2ccccc2)C1.Cl. The zero-order valence-electron chi connectivity index (χ0n) is 14.9. The molecule has 1 saturated heterocycles. The van der Waals surface area contributed by atoms with Gasteiger partial charge in [-0.3, -0.25) is 10.1 Å². The molecule has 1 aliphatic rings. The van der Waals surface area contributed by atoms with Crippen LogP contribution in [-0.2, 0) is 15.8 Å². The number of hydrogen-bond acceptors (Lipinski definition) is 5. The van der Waals surface area contributed by atoms with Crippen molar-refractivity contribution >= 4 is 28.1 Å². The van der Waals surface area contributed by atoms with E-state index in [2.05, 4.69) is 4.90 Å². The molecule has 146 valence electrons. The first kappa shape index (κ1) is 21.3. The molecule has 1 unspecified atom stereocenters. The largest absolute Gasteiger partial charge is 0.303 e. The fourth-order valence-corrected chi connectivity index (χ4v) is 4.91. The Bertz CT molecular complexity index is 875. The zero-order valence-corrected chi connectivity index (χ0v) is 16.5. The first-order valence-electron chi connectivity index (χ1n) is 8.33. The third-order valence-corrected chi connectivity index (χ3v) is 6.42. The lowest BCUT2D eigenvalue weighted by Gasteiger charge is -2.39. The van der Waals surface area contributed by atoms with Gasteiger partial charge in [0.25, 0.3) is 5.69 Å². The van der Waals surface area contributed by atoms with Gasteiger partial charge in [0.05, 0.1) is 16.7 Å². The fourth-order valence-electron chi connectivity index (χ4n) is 3.19. The van der Waals surface area contributed by atoms with Gasteiger partial charge < -0.3 is 4.90 Å². The molecule has 1 aliphatic heterocycles. The van der Waals surface area contributed by atoms with Crippen molar-refractivity contribution in [1.82, 2.24) is 9.21 Å². The molecule has 0 bridgehead atoms. The first-order valence-corrected chi connectivity index (χ1v) is 9.94. The number of non-ortho nitro benzene ring substituents is 1. The monoisotopic (exact) mass is 411 g/mol. The van der Waals surface area contributed by atoms with Crippen LogP contribution in [-0.4, -0.2) is 49.2 Å². The van der Waals surface area contributed by atoms with Gasteiger partial charge in [0, 0.05) is 31.8 Å². The van der Waals surface area contributed by atoms with E-state index >= 15 is 0 Å². The van der Waals surface area contributed by atoms with Crippen molar-refractivity contribution in [3.8, 4) is 0 Å². The summed E-state index contributed by atoms with van der Waals surface area (Å²) in [7, 11) is -1.57. The molecule has 2 aromatic rings. The number of hydrogen-bond donors (Lipinski definition) is 0. The molecule has 0 N–H and O–H groups in total. The van der Waals surface area contributed by atoms with Gasteiger partial charge in [-0.15, -0.1) is 12.4 Å². The van der Waals surface area contributed by atoms with Crippen LogP contribution in [0.15, 0.2) is 54.6 Å². The Hall–Kier alpha value is -2.00. The summed E-state index contributed by atoms with van der Waals surface area (Å²) in [4.78, 5) is 12.4. The van der Waals surface area contributed by atoms with Crippen LogP contribution in [0.3, 0.4) is 0 Å². The van der Waals surface area contributed by atoms with Gasteiger partial charge in [-0.25, -0.2) is 8.42 Å². The van der Waals surface area contributed by atoms with Crippen LogP contribution in [0, 0.1) is 10.1 Å². The molecule has 0 spiro atoms. The molecular formula is C18H22ClN3O4S. The lowest BCUT2D eigenvalue weighted by atomic mass is 10.1. The van der Waals surface area contributed by atoms with E-state index in [-0.39, 0.29) is 29.9 Å². The van der Waals surface area contributed by atoms with E-state index in [9.17, 15) is 18.5 Å². The van der Waals surface area contributed by atoms with Gasteiger partial charge in [-0.1, -0.05) is 42.5 Å². The van der Waals surface area contributed by atoms with Crippen molar-refractivity contribution in [2.45, 2.75) is 11.8 Å². The van der Waals surface area contributed by atoms with E-state index in [1.165, 1.54) is 24.3 Å². The number of nitro benzene ring substituents is 1. The standard InChI is InChI=1S/C18H21N3O4S.ClH/c1-19-11-12-20(18(13-19)16-5-3-2-4-6-16)26(24,25)14-15-7-9-17(10-8-15)21(22)23;/h2-10,18H,11-14H2,1H3;1H. The summed E-state index contributed by atoms with van der Waals surface area (Å²) in [5.41, 5.74) is 1.46. The van der Waals surface area contributed by atoms with Crippen LogP contribution in [0.5, 0.6) is 0 Å². The highest BCUT2D eigenvalue weighted by Gasteiger charge is 2.35. The predicted octanol–water partition coefficient (Wildman–Crippen LogP) is 2.84. The van der Waals surface area contributed by atoms with Gasteiger partial charge in [-0.05, 0) is 18.2 Å². The van der Waals surface area contributed by atoms with Crippen molar-refractivity contribution in [1.29, 1.82) is 0 Å². The Labute approximate surface area is 165 Å². The minimum Gasteiger partial charge on any atom is -0.303 e. The smallest absolute Gasteiger partial charge is 0.269 e. The van der Waals surface area contributed by atoms with Gasteiger partial charge >= 0.3 is 0 Å². The molecule has 0 amide bonds. The average molecular weight is 412 g/mol. The van der Waals surface area contributed by atoms with Gasteiger partial charge in [0.2, 0.25) is 10.0 Å². The predicted molar refractivity (Wildman–Crippen MR) is 106 cm³/mol. The van der Waals surface area contributed by atoms with E-state index in [1.54, 1.807) is 4.31 Å². The summed E-state index contributed by atoms with van der Waals surface area (Å²) in [6.07, 6.45) is 0. The third-order valence-electron chi connectivity index (χ3n) is 4.57. The Kier molecular flexibility index (Phi) is 6.94. The summed E-state index contributed by atoms with van der Waals surface area (Å²) >= 11 is 0. The lowest BCUT2D eigenvalue weighted by Crippen LogP contribution is -2.49. The number of rotatable bonds is 5. The third kappa shape index (κ3) is 5.04. The molecule has 0 radical (unpaired) electrons. The number of sulfonamides is 1. The molecule has 27 heavy (non-hydrogen) atoms. The minimum absolute atomic E-state index is 0. The Morgan fingerprint density at radius 3 is 2.30 bits per heavy atom. The molecule has 7 nitrogen and oxygen atoms in total. The van der Waals surface area contributed by atoms with Gasteiger partial charge in [0.1, 0.15) is 0 Å². The summed E-state index contributed by atoms with van der Waals surface area (Å²) in [5.74, 6) is -0.169. The molecule has 1 fully saturated rings. The first-order chi connectivity index (χ1) is 12.4. The average Bonchev–Trinajstić information content (AvgIpc) is 2.62. The Morgan fingerprint density at radius 1 is 1.07 bits per heavy atom. The normalized spacial score (nSPS) is 18.6. The highest BCUT2D eigenvalue weighted by atomic mass is 35.5. The van der Waals surface area contributed by atoms with Crippen LogP contribution in [0.25, 0.3) is 0 Å². The quantitative estimate of drug-likeness (QED) is 0.558. The maximum Gasteiger partial charge on any atom is 0.269 e. The molecule has 0 aromatic heterocycles. The minimum atomic E-state index is -3.55. The molecule has 0 saturated carbocycles. The molecule has 3 rings (SSSR count). The highest BCUT2D eigenvalue weighted by molar-refractivity contribution is 7.88. The van der Waals surface area contributed by atoms with Crippen LogP contribution in [0.4, 0.5) is 5.69 Å². The number of likely N-dealkylation sites (N-methyl/N-ethyl adjacent to an activating group) is 1. The number of halogens is 1. The summed E-state index contributed by atoms with van der Waals surface area (Å²) < 4.78 is 27.6. The number of nitro groups is 1. The van der Waals surface area contributed by atoms with Crippen molar-refractivity contribution in [2.75, 3.05) is 26.7 Å². The number of nitrogens with zero attached hydrogens (tertiary/aromatic N) is 3. The van der Waals surface area contributed by atoms with Crippen LogP contribution < -0.4 is 0 Å². The second kappa shape index (κ2) is 8.79. The van der Waals surface area contributed by atoms with E-state index in [0.29, 0.717) is 25.2 Å². The Balaban J connectivity index is 0.00000261. The van der Waals surface area contributed by atoms with Crippen LogP contribution in [0.2, 0.25) is 0 Å². The second-order valence-electron chi connectivity index (χ2n) is 6.48. The van der Waals surface area contributed by atoms with Crippen LogP contribution in [0.1, 0.15) is 17.2 Å². The summed E-state index contributed by atoms with van der Waals surface area (Å²) in [6.45, 7) is 1.72. The van der Waals surface area contributed by atoms with E-state index in [1.807, 2.05) is 37.4 Å². The van der Waals surface area contributed by atoms with Gasteiger partial charge in [0.15, 0.2) is 0 Å². The molecule has 0 aliphatic carbocycles. The molecule has 1 heterocycles. The van der Waals surface area contributed by atoms with E-state index in [4.69, 9.17) is 0 Å². The maximum absolute atomic E-state index is 13.0. The van der Waals surface area contributed by atoms with E-state index < -0.39 is 14.9 Å². The fraction of sp³-hybridized carbons (Fsp3) is 0.333. The van der Waals surface area contributed by atoms with Crippen LogP contribution >= 0.6 is 12.4 Å². The molecular weight excluding hydrogens is 390 g/mol. The molecule has 2 aromatic carbocycles. The lowest BCUT2D eigenvalue weighted by molar-refractivity contribution is -0.384. The highest BCUT2D eigenvalue weighted by Crippen LogP contribution is 2.29. The topological polar surface area (TPSA) is 83.8 Å². The van der Waals surface area contributed by atoms with Crippen molar-refractivity contribution in [3.63, 3.8) is 0 Å². The summed E-state index contributed by atoms with van der Waals surface area (Å²) in [5, 5.41) is 10.7. The second-order valence-corrected chi connectivity index (χ2v) is 8.40. The number of benzene rings is 2. The van der Waals surface area contributed by atoms with Gasteiger partial charge in [-0.2, -0.15) is 4.31 Å². The van der Waals surface area contributed by atoms with Crippen molar-refractivity contribution in [3.05, 3.63) is 75.8 Å². The van der Waals surface area contributed by atoms with Crippen molar-refractivity contribution in [2.24, 2.45) is 0 Å². The Morgan fingerprint density at radius 2 is 1.70 bits per heavy atom. The van der Waals surface area contributed by atoms with E-state index in [0.717, 1.165) is 5.56 Å².